The molecule has 0 fully saturated rings. The lowest BCUT2D eigenvalue weighted by Crippen LogP contribution is -2.31. The Morgan fingerprint density at radius 2 is 2.17 bits per heavy atom. The van der Waals surface area contributed by atoms with Crippen molar-refractivity contribution in [1.82, 2.24) is 39.6 Å². The average Bonchev–Trinajstić information content (AvgIpc) is 3.20. The van der Waals surface area contributed by atoms with Gasteiger partial charge in [0.1, 0.15) is 11.4 Å². The number of aryl methyl sites for hydroxylation is 1. The van der Waals surface area contributed by atoms with Gasteiger partial charge in [-0.25, -0.2) is 9.67 Å². The number of hydrogen-bond acceptors (Lipinski definition) is 6. The zero-order valence-electron chi connectivity index (χ0n) is 13.0. The fraction of sp³-hybridized carbons (Fsp3) is 0.333. The Labute approximate surface area is 137 Å². The predicted molar refractivity (Wildman–Crippen MR) is 82.7 cm³/mol. The van der Waals surface area contributed by atoms with Gasteiger partial charge in [-0.3, -0.25) is 14.5 Å². The first kappa shape index (κ1) is 14.5. The van der Waals surface area contributed by atoms with E-state index < -0.39 is 0 Å². The molecule has 1 aliphatic rings. The molecule has 0 saturated heterocycles. The minimum atomic E-state index is -0.122. The molecule has 0 N–H and O–H groups in total. The monoisotopic (exact) mass is 324 g/mol. The molecule has 0 aliphatic carbocycles. The van der Waals surface area contributed by atoms with Crippen LogP contribution < -0.4 is 0 Å². The summed E-state index contributed by atoms with van der Waals surface area (Å²) in [6, 6.07) is 1.87. The van der Waals surface area contributed by atoms with Gasteiger partial charge in [-0.15, -0.1) is 5.10 Å². The van der Waals surface area contributed by atoms with Crippen molar-refractivity contribution in [2.24, 2.45) is 0 Å². The first-order valence-corrected chi connectivity index (χ1v) is 7.75. The van der Waals surface area contributed by atoms with Crippen LogP contribution >= 0.6 is 0 Å². The molecule has 0 saturated carbocycles. The van der Waals surface area contributed by atoms with Gasteiger partial charge in [-0.1, -0.05) is 5.21 Å². The summed E-state index contributed by atoms with van der Waals surface area (Å²) in [5.41, 5.74) is 2.13. The second-order valence-corrected chi connectivity index (χ2v) is 5.58. The van der Waals surface area contributed by atoms with Crippen LogP contribution in [0, 0.1) is 0 Å². The Morgan fingerprint density at radius 3 is 2.96 bits per heavy atom. The molecule has 24 heavy (non-hydrogen) atoms. The van der Waals surface area contributed by atoms with Crippen LogP contribution in [0.3, 0.4) is 0 Å². The minimum Gasteiger partial charge on any atom is -0.331 e. The van der Waals surface area contributed by atoms with Gasteiger partial charge in [0.25, 0.3) is 5.91 Å². The molecule has 1 aliphatic heterocycles. The van der Waals surface area contributed by atoms with Crippen LogP contribution in [0.2, 0.25) is 0 Å². The molecule has 0 aromatic carbocycles. The van der Waals surface area contributed by atoms with Crippen LogP contribution in [0.1, 0.15) is 28.3 Å². The van der Waals surface area contributed by atoms with Gasteiger partial charge in [-0.05, 0) is 12.5 Å². The molecule has 4 rings (SSSR count). The zero-order valence-corrected chi connectivity index (χ0v) is 13.0. The molecular weight excluding hydrogens is 308 g/mol. The quantitative estimate of drug-likeness (QED) is 0.690. The van der Waals surface area contributed by atoms with Crippen LogP contribution in [-0.2, 0) is 19.6 Å². The molecule has 0 unspecified atom stereocenters. The van der Waals surface area contributed by atoms with Crippen LogP contribution in [-0.4, -0.2) is 52.1 Å². The van der Waals surface area contributed by atoms with Crippen molar-refractivity contribution >= 4 is 5.91 Å². The summed E-state index contributed by atoms with van der Waals surface area (Å²) in [5.74, 6) is -0.122. The van der Waals surface area contributed by atoms with E-state index in [1.807, 2.05) is 16.9 Å². The molecule has 3 aromatic heterocycles. The summed E-state index contributed by atoms with van der Waals surface area (Å²) in [6.07, 6.45) is 9.01. The fourth-order valence-corrected chi connectivity index (χ4v) is 2.81. The minimum absolute atomic E-state index is 0.122. The topological polar surface area (TPSA) is 94.6 Å². The number of fused-ring (bicyclic) bond motifs is 1. The number of amides is 1. The highest BCUT2D eigenvalue weighted by Gasteiger charge is 2.24. The molecule has 3 aromatic rings. The third-order valence-corrected chi connectivity index (χ3v) is 4.00. The van der Waals surface area contributed by atoms with Crippen molar-refractivity contribution in [2.45, 2.75) is 26.1 Å². The van der Waals surface area contributed by atoms with Crippen LogP contribution in [0.4, 0.5) is 0 Å². The summed E-state index contributed by atoms with van der Waals surface area (Å²) >= 11 is 0. The van der Waals surface area contributed by atoms with E-state index in [0.29, 0.717) is 25.3 Å². The Bertz CT molecular complexity index is 827. The van der Waals surface area contributed by atoms with Crippen molar-refractivity contribution < 1.29 is 4.79 Å². The predicted octanol–water partition coefficient (Wildman–Crippen LogP) is 0.359. The lowest BCUT2D eigenvalue weighted by Gasteiger charge is -2.19. The summed E-state index contributed by atoms with van der Waals surface area (Å²) in [4.78, 5) is 22.5. The maximum Gasteiger partial charge on any atom is 0.274 e. The molecule has 0 bridgehead atoms. The molecule has 9 heteroatoms. The summed E-state index contributed by atoms with van der Waals surface area (Å²) < 4.78 is 3.67. The zero-order chi connectivity index (χ0) is 16.4. The second kappa shape index (κ2) is 6.19. The van der Waals surface area contributed by atoms with Crippen molar-refractivity contribution in [2.75, 3.05) is 6.54 Å². The lowest BCUT2D eigenvalue weighted by molar-refractivity contribution is 0.0739. The molecule has 0 atom stereocenters. The standard InChI is InChI=1S/C15H16N8O/c24-15(12-9-16-4-5-17-12)21-6-2-8-23-14(11-21)13(19-20-23)10-22-7-1-3-18-22/h1,3-5,7,9H,2,6,8,10-11H2. The molecule has 0 spiro atoms. The highest BCUT2D eigenvalue weighted by Crippen LogP contribution is 2.17. The van der Waals surface area contributed by atoms with E-state index in [1.54, 1.807) is 22.0 Å². The lowest BCUT2D eigenvalue weighted by atomic mass is 10.2. The molecule has 1 amide bonds. The highest BCUT2D eigenvalue weighted by molar-refractivity contribution is 5.91. The Hall–Kier alpha value is -3.10. The molecule has 0 radical (unpaired) electrons. The van der Waals surface area contributed by atoms with Gasteiger partial charge in [0.15, 0.2) is 0 Å². The van der Waals surface area contributed by atoms with E-state index in [-0.39, 0.29) is 5.91 Å². The molecule has 122 valence electrons. The Balaban J connectivity index is 1.59. The van der Waals surface area contributed by atoms with Crippen LogP contribution in [0.15, 0.2) is 37.1 Å². The molecule has 9 nitrogen and oxygen atoms in total. The number of nitrogens with zero attached hydrogens (tertiary/aromatic N) is 8. The summed E-state index contributed by atoms with van der Waals surface area (Å²) in [5, 5.41) is 12.7. The number of hydrogen-bond donors (Lipinski definition) is 0. The largest absolute Gasteiger partial charge is 0.331 e. The van der Waals surface area contributed by atoms with E-state index >= 15 is 0 Å². The van der Waals surface area contributed by atoms with Gasteiger partial charge in [0.2, 0.25) is 0 Å². The fourth-order valence-electron chi connectivity index (χ4n) is 2.81. The highest BCUT2D eigenvalue weighted by atomic mass is 16.2. The van der Waals surface area contributed by atoms with E-state index in [0.717, 1.165) is 24.4 Å². The van der Waals surface area contributed by atoms with E-state index in [9.17, 15) is 4.79 Å². The first-order valence-electron chi connectivity index (χ1n) is 7.75. The van der Waals surface area contributed by atoms with Crippen molar-refractivity contribution in [3.05, 3.63) is 54.1 Å². The number of aromatic nitrogens is 7. The Kier molecular flexibility index (Phi) is 3.73. The third kappa shape index (κ3) is 2.75. The maximum absolute atomic E-state index is 12.7. The van der Waals surface area contributed by atoms with Crippen LogP contribution in [0.25, 0.3) is 0 Å². The van der Waals surface area contributed by atoms with Crippen molar-refractivity contribution in [3.8, 4) is 0 Å². The maximum atomic E-state index is 12.7. The first-order chi connectivity index (χ1) is 11.8. The van der Waals surface area contributed by atoms with Crippen molar-refractivity contribution in [1.29, 1.82) is 0 Å². The van der Waals surface area contributed by atoms with Gasteiger partial charge in [0, 0.05) is 37.9 Å². The normalized spacial score (nSPS) is 14.2. The van der Waals surface area contributed by atoms with Gasteiger partial charge in [0.05, 0.1) is 25.0 Å². The van der Waals surface area contributed by atoms with Gasteiger partial charge >= 0.3 is 0 Å². The summed E-state index contributed by atoms with van der Waals surface area (Å²) in [6.45, 7) is 2.39. The van der Waals surface area contributed by atoms with Crippen LogP contribution in [0.5, 0.6) is 0 Å². The third-order valence-electron chi connectivity index (χ3n) is 4.00. The second-order valence-electron chi connectivity index (χ2n) is 5.58. The summed E-state index contributed by atoms with van der Waals surface area (Å²) in [7, 11) is 0. The van der Waals surface area contributed by atoms with Crippen molar-refractivity contribution in [3.63, 3.8) is 0 Å². The molecule has 4 heterocycles. The average molecular weight is 324 g/mol. The Morgan fingerprint density at radius 1 is 1.21 bits per heavy atom. The molecular formula is C15H16N8O. The van der Waals surface area contributed by atoms with E-state index in [4.69, 9.17) is 0 Å². The smallest absolute Gasteiger partial charge is 0.274 e. The number of carbonyl (C=O) groups is 1. The van der Waals surface area contributed by atoms with E-state index in [1.165, 1.54) is 12.4 Å². The van der Waals surface area contributed by atoms with Gasteiger partial charge in [-0.2, -0.15) is 5.10 Å². The van der Waals surface area contributed by atoms with E-state index in [2.05, 4.69) is 25.4 Å². The van der Waals surface area contributed by atoms with Gasteiger partial charge < -0.3 is 4.90 Å². The number of carbonyl (C=O) groups excluding carboxylic acids is 1. The number of rotatable bonds is 3. The SMILES string of the molecule is O=C(c1cnccn1)N1CCCn2nnc(Cn3cccn3)c2C1.